The zero-order valence-electron chi connectivity index (χ0n) is 15.3. The number of nitrogens with zero attached hydrogens (tertiary/aromatic N) is 2. The van der Waals surface area contributed by atoms with Gasteiger partial charge in [0.25, 0.3) is 5.56 Å². The minimum Gasteiger partial charge on any atom is -0.324 e. The van der Waals surface area contributed by atoms with Gasteiger partial charge in [-0.3, -0.25) is 14.2 Å². The molecule has 0 fully saturated rings. The van der Waals surface area contributed by atoms with Crippen LogP contribution >= 0.6 is 46.3 Å². The molecule has 0 saturated heterocycles. The van der Waals surface area contributed by atoms with Crippen molar-refractivity contribution >= 4 is 68.1 Å². The van der Waals surface area contributed by atoms with Gasteiger partial charge in [-0.05, 0) is 37.0 Å². The van der Waals surface area contributed by atoms with Crippen LogP contribution in [0.2, 0.25) is 10.0 Å². The van der Waals surface area contributed by atoms with Gasteiger partial charge in [-0.15, -0.1) is 17.9 Å². The number of allylic oxidation sites excluding steroid dienone is 1. The number of anilines is 1. The Morgan fingerprint density at radius 1 is 1.38 bits per heavy atom. The highest BCUT2D eigenvalue weighted by atomic mass is 35.5. The van der Waals surface area contributed by atoms with Crippen LogP contribution in [0.25, 0.3) is 10.2 Å². The number of hydrogen-bond donors (Lipinski definition) is 1. The van der Waals surface area contributed by atoms with Crippen LogP contribution in [0.1, 0.15) is 16.9 Å². The molecule has 0 bridgehead atoms. The Morgan fingerprint density at radius 3 is 3.00 bits per heavy atom. The van der Waals surface area contributed by atoms with Gasteiger partial charge < -0.3 is 5.32 Å². The second kappa shape index (κ2) is 8.52. The van der Waals surface area contributed by atoms with E-state index in [9.17, 15) is 9.59 Å². The summed E-state index contributed by atoms with van der Waals surface area (Å²) in [7, 11) is 0. The summed E-state index contributed by atoms with van der Waals surface area (Å²) in [5.74, 6) is -0.171. The lowest BCUT2D eigenvalue weighted by atomic mass is 10.2. The van der Waals surface area contributed by atoms with Gasteiger partial charge >= 0.3 is 0 Å². The fraction of sp³-hybridized carbons (Fsp3) is 0.250. The van der Waals surface area contributed by atoms with Crippen molar-refractivity contribution in [3.8, 4) is 0 Å². The first-order chi connectivity index (χ1) is 14.0. The molecule has 1 N–H and O–H groups in total. The fourth-order valence-electron chi connectivity index (χ4n) is 3.38. The predicted octanol–water partition coefficient (Wildman–Crippen LogP) is 5.17. The minimum atomic E-state index is -0.257. The first-order valence-electron chi connectivity index (χ1n) is 9.02. The molecule has 3 aromatic rings. The van der Waals surface area contributed by atoms with Crippen LogP contribution in [-0.2, 0) is 24.2 Å². The summed E-state index contributed by atoms with van der Waals surface area (Å²) in [5, 5.41) is 4.65. The van der Waals surface area contributed by atoms with E-state index in [1.165, 1.54) is 16.6 Å². The van der Waals surface area contributed by atoms with E-state index in [-0.39, 0.29) is 17.2 Å². The van der Waals surface area contributed by atoms with E-state index < -0.39 is 0 Å². The van der Waals surface area contributed by atoms with Crippen molar-refractivity contribution in [2.45, 2.75) is 31.0 Å². The summed E-state index contributed by atoms with van der Waals surface area (Å²) in [6.07, 6.45) is 4.68. The molecule has 2 aromatic heterocycles. The molecule has 0 saturated carbocycles. The number of amides is 1. The molecule has 2 heterocycles. The van der Waals surface area contributed by atoms with E-state index in [0.29, 0.717) is 27.4 Å². The Morgan fingerprint density at radius 2 is 2.21 bits per heavy atom. The van der Waals surface area contributed by atoms with E-state index in [2.05, 4.69) is 11.9 Å². The number of nitrogens with one attached hydrogen (secondary N) is 1. The van der Waals surface area contributed by atoms with Gasteiger partial charge in [-0.2, -0.15) is 0 Å². The maximum absolute atomic E-state index is 13.1. The van der Waals surface area contributed by atoms with Crippen molar-refractivity contribution in [3.63, 3.8) is 0 Å². The van der Waals surface area contributed by atoms with Crippen molar-refractivity contribution in [2.24, 2.45) is 0 Å². The van der Waals surface area contributed by atoms with Gasteiger partial charge in [-0.25, -0.2) is 4.98 Å². The average Bonchev–Trinajstić information content (AvgIpc) is 3.27. The lowest BCUT2D eigenvalue weighted by Gasteiger charge is -2.11. The van der Waals surface area contributed by atoms with Crippen LogP contribution in [0.5, 0.6) is 0 Å². The van der Waals surface area contributed by atoms with Gasteiger partial charge in [0.05, 0.1) is 26.9 Å². The summed E-state index contributed by atoms with van der Waals surface area (Å²) in [6.45, 7) is 4.09. The summed E-state index contributed by atoms with van der Waals surface area (Å²) >= 11 is 14.9. The van der Waals surface area contributed by atoms with Gasteiger partial charge in [0.15, 0.2) is 5.16 Å². The van der Waals surface area contributed by atoms with Crippen LogP contribution in [-0.4, -0.2) is 21.2 Å². The van der Waals surface area contributed by atoms with Gasteiger partial charge in [0.2, 0.25) is 5.91 Å². The quantitative estimate of drug-likeness (QED) is 0.309. The third-order valence-electron chi connectivity index (χ3n) is 4.66. The molecule has 0 spiro atoms. The molecule has 150 valence electrons. The molecule has 1 amide bonds. The second-order valence-electron chi connectivity index (χ2n) is 6.57. The summed E-state index contributed by atoms with van der Waals surface area (Å²) in [4.78, 5) is 32.2. The molecular formula is C20H17Cl2N3O2S2. The Balaban J connectivity index is 1.59. The molecule has 1 aromatic carbocycles. The number of aromatic nitrogens is 2. The number of benzene rings is 1. The normalized spacial score (nSPS) is 12.9. The number of carbonyl (C=O) groups excluding carboxylic acids is 1. The van der Waals surface area contributed by atoms with Crippen LogP contribution in [0.15, 0.2) is 40.8 Å². The summed E-state index contributed by atoms with van der Waals surface area (Å²) < 4.78 is 1.59. The zero-order valence-corrected chi connectivity index (χ0v) is 18.5. The largest absolute Gasteiger partial charge is 0.324 e. The molecule has 9 heteroatoms. The van der Waals surface area contributed by atoms with Crippen LogP contribution in [0, 0.1) is 0 Å². The Labute approximate surface area is 185 Å². The number of thiophene rings is 1. The minimum absolute atomic E-state index is 0.0601. The molecule has 0 atom stereocenters. The maximum Gasteiger partial charge on any atom is 0.263 e. The summed E-state index contributed by atoms with van der Waals surface area (Å²) in [5.41, 5.74) is 1.53. The highest BCUT2D eigenvalue weighted by molar-refractivity contribution is 7.99. The Kier molecular flexibility index (Phi) is 6.01. The standard InChI is InChI=1S/C20H17Cl2N3O2S2/c1-2-9-25-19(27)16-11-5-3-8-14(11)29-18(16)24-20(25)28-10-15(26)23-13-7-4-6-12(21)17(13)22/h2,4,6-7H,1,3,5,8-10H2,(H,23,26). The number of hydrogen-bond acceptors (Lipinski definition) is 5. The molecule has 5 nitrogen and oxygen atoms in total. The van der Waals surface area contributed by atoms with Gasteiger partial charge in [0, 0.05) is 11.4 Å². The zero-order chi connectivity index (χ0) is 20.5. The SMILES string of the molecule is C=CCn1c(SCC(=O)Nc2cccc(Cl)c2Cl)nc2sc3c(c2c1=O)CCC3. The smallest absolute Gasteiger partial charge is 0.263 e. The number of carbonyl (C=O) groups is 1. The van der Waals surface area contributed by atoms with Gasteiger partial charge in [-0.1, -0.05) is 47.1 Å². The first kappa shape index (κ1) is 20.5. The molecule has 0 unspecified atom stereocenters. The highest BCUT2D eigenvalue weighted by Crippen LogP contribution is 2.35. The molecule has 0 aliphatic heterocycles. The first-order valence-corrected chi connectivity index (χ1v) is 11.6. The summed E-state index contributed by atoms with van der Waals surface area (Å²) in [6, 6.07) is 5.05. The average molecular weight is 466 g/mol. The molecule has 29 heavy (non-hydrogen) atoms. The van der Waals surface area contributed by atoms with E-state index in [0.717, 1.165) is 35.0 Å². The number of halogens is 2. The van der Waals surface area contributed by atoms with Crippen LogP contribution < -0.4 is 10.9 Å². The number of aryl methyl sites for hydroxylation is 2. The number of thioether (sulfide) groups is 1. The topological polar surface area (TPSA) is 64.0 Å². The van der Waals surface area contributed by atoms with Crippen LogP contribution in [0.4, 0.5) is 5.69 Å². The molecule has 1 aliphatic carbocycles. The van der Waals surface area contributed by atoms with E-state index in [4.69, 9.17) is 28.2 Å². The van der Waals surface area contributed by atoms with Crippen molar-refractivity contribution in [1.29, 1.82) is 0 Å². The predicted molar refractivity (Wildman–Crippen MR) is 122 cm³/mol. The molecular weight excluding hydrogens is 449 g/mol. The second-order valence-corrected chi connectivity index (χ2v) is 9.39. The molecule has 4 rings (SSSR count). The number of rotatable bonds is 6. The van der Waals surface area contributed by atoms with Gasteiger partial charge in [0.1, 0.15) is 4.83 Å². The van der Waals surface area contributed by atoms with Crippen LogP contribution in [0.3, 0.4) is 0 Å². The van der Waals surface area contributed by atoms with Crippen molar-refractivity contribution in [3.05, 3.63) is 61.7 Å². The van der Waals surface area contributed by atoms with E-state index >= 15 is 0 Å². The maximum atomic E-state index is 13.1. The lowest BCUT2D eigenvalue weighted by Crippen LogP contribution is -2.24. The third-order valence-corrected chi connectivity index (χ3v) is 7.64. The van der Waals surface area contributed by atoms with E-state index in [1.807, 2.05) is 0 Å². The Bertz CT molecular complexity index is 1190. The third kappa shape index (κ3) is 3.97. The Hall–Kier alpha value is -1.80. The molecule has 0 radical (unpaired) electrons. The molecule has 1 aliphatic rings. The van der Waals surface area contributed by atoms with E-state index in [1.54, 1.807) is 40.2 Å². The van der Waals surface area contributed by atoms with Crippen molar-refractivity contribution < 1.29 is 4.79 Å². The highest BCUT2D eigenvalue weighted by Gasteiger charge is 2.23. The van der Waals surface area contributed by atoms with Crippen molar-refractivity contribution in [1.82, 2.24) is 9.55 Å². The van der Waals surface area contributed by atoms with Crippen molar-refractivity contribution in [2.75, 3.05) is 11.1 Å². The fourth-order valence-corrected chi connectivity index (χ4v) is 5.83. The monoisotopic (exact) mass is 465 g/mol. The number of fused-ring (bicyclic) bond motifs is 3. The lowest BCUT2D eigenvalue weighted by molar-refractivity contribution is -0.113.